The van der Waals surface area contributed by atoms with E-state index in [4.69, 9.17) is 27.9 Å². The van der Waals surface area contributed by atoms with Crippen molar-refractivity contribution < 1.29 is 14.3 Å². The number of amides is 2. The van der Waals surface area contributed by atoms with Crippen molar-refractivity contribution in [2.45, 2.75) is 52.2 Å². The van der Waals surface area contributed by atoms with Crippen LogP contribution in [0.1, 0.15) is 37.0 Å². The van der Waals surface area contributed by atoms with E-state index in [0.717, 1.165) is 17.5 Å². The molecule has 3 aromatic rings. The molecule has 36 heavy (non-hydrogen) atoms. The van der Waals surface area contributed by atoms with Crippen molar-refractivity contribution in [1.29, 1.82) is 0 Å². The maximum absolute atomic E-state index is 13.7. The number of aryl methyl sites for hydroxylation is 1. The van der Waals surface area contributed by atoms with E-state index in [1.807, 2.05) is 69.3 Å². The monoisotopic (exact) mass is 526 g/mol. The molecule has 0 saturated carbocycles. The first-order valence-corrected chi connectivity index (χ1v) is 12.8. The molecule has 0 fully saturated rings. The predicted octanol–water partition coefficient (Wildman–Crippen LogP) is 6.24. The predicted molar refractivity (Wildman–Crippen MR) is 146 cm³/mol. The van der Waals surface area contributed by atoms with Crippen LogP contribution in [0.15, 0.2) is 72.8 Å². The van der Waals surface area contributed by atoms with Crippen LogP contribution in [-0.2, 0) is 22.6 Å². The third-order valence-corrected chi connectivity index (χ3v) is 6.72. The highest BCUT2D eigenvalue weighted by atomic mass is 35.5. The van der Waals surface area contributed by atoms with Crippen molar-refractivity contribution in [3.63, 3.8) is 0 Å². The first-order valence-electron chi connectivity index (χ1n) is 12.0. The number of carbonyl (C=O) groups is 2. The molecule has 2 atom stereocenters. The van der Waals surface area contributed by atoms with Crippen LogP contribution >= 0.6 is 23.2 Å². The first kappa shape index (κ1) is 27.6. The van der Waals surface area contributed by atoms with Crippen LogP contribution in [0.5, 0.6) is 5.75 Å². The summed E-state index contributed by atoms with van der Waals surface area (Å²) in [6.07, 6.45) is 1.10. The second kappa shape index (κ2) is 13.3. The van der Waals surface area contributed by atoms with E-state index in [1.54, 1.807) is 24.3 Å². The second-order valence-corrected chi connectivity index (χ2v) is 9.66. The van der Waals surface area contributed by atoms with Crippen molar-refractivity contribution in [2.75, 3.05) is 6.61 Å². The lowest BCUT2D eigenvalue weighted by Gasteiger charge is -2.32. The molecule has 0 radical (unpaired) electrons. The van der Waals surface area contributed by atoms with Crippen LogP contribution < -0.4 is 10.1 Å². The Hall–Kier alpha value is -3.02. The SMILES string of the molecule is CCC(C)NC(=O)C(Cc1ccccc1)N(Cc1c(Cl)cccc1Cl)C(=O)COc1cccc(C)c1. The van der Waals surface area contributed by atoms with Crippen LogP contribution in [0.3, 0.4) is 0 Å². The number of halogens is 2. The van der Waals surface area contributed by atoms with Gasteiger partial charge >= 0.3 is 0 Å². The zero-order valence-corrected chi connectivity index (χ0v) is 22.4. The van der Waals surface area contributed by atoms with E-state index < -0.39 is 6.04 Å². The number of benzene rings is 3. The molecule has 7 heteroatoms. The summed E-state index contributed by atoms with van der Waals surface area (Å²) in [6, 6.07) is 21.5. The van der Waals surface area contributed by atoms with Crippen LogP contribution in [0.4, 0.5) is 0 Å². The summed E-state index contributed by atoms with van der Waals surface area (Å²) >= 11 is 12.9. The quantitative estimate of drug-likeness (QED) is 0.322. The number of hydrogen-bond donors (Lipinski definition) is 1. The zero-order chi connectivity index (χ0) is 26.1. The summed E-state index contributed by atoms with van der Waals surface area (Å²) in [5.74, 6) is 0.00996. The van der Waals surface area contributed by atoms with Gasteiger partial charge < -0.3 is 15.0 Å². The van der Waals surface area contributed by atoms with Crippen molar-refractivity contribution in [2.24, 2.45) is 0 Å². The zero-order valence-electron chi connectivity index (χ0n) is 20.8. The van der Waals surface area contributed by atoms with Crippen molar-refractivity contribution in [3.8, 4) is 5.75 Å². The summed E-state index contributed by atoms with van der Waals surface area (Å²) in [6.45, 7) is 5.73. The molecule has 5 nitrogen and oxygen atoms in total. The van der Waals surface area contributed by atoms with E-state index in [1.165, 1.54) is 4.90 Å². The van der Waals surface area contributed by atoms with Crippen LogP contribution in [0.2, 0.25) is 10.0 Å². The van der Waals surface area contributed by atoms with Gasteiger partial charge in [-0.15, -0.1) is 0 Å². The van der Waals surface area contributed by atoms with Crippen LogP contribution in [0, 0.1) is 6.92 Å². The molecule has 3 aromatic carbocycles. The van der Waals surface area contributed by atoms with Crippen molar-refractivity contribution in [3.05, 3.63) is 99.5 Å². The Labute approximate surface area is 223 Å². The summed E-state index contributed by atoms with van der Waals surface area (Å²) < 4.78 is 5.82. The molecule has 0 aliphatic rings. The Bertz CT molecular complexity index is 1150. The average molecular weight is 527 g/mol. The third kappa shape index (κ3) is 7.74. The minimum absolute atomic E-state index is 0.0415. The molecule has 0 saturated heterocycles. The molecule has 0 aromatic heterocycles. The van der Waals surface area contributed by atoms with Gasteiger partial charge in [0.25, 0.3) is 5.91 Å². The normalized spacial score (nSPS) is 12.5. The summed E-state index contributed by atoms with van der Waals surface area (Å²) in [7, 11) is 0. The topological polar surface area (TPSA) is 58.6 Å². The molecule has 2 amide bonds. The van der Waals surface area contributed by atoms with Gasteiger partial charge in [0.1, 0.15) is 11.8 Å². The maximum atomic E-state index is 13.7. The van der Waals surface area contributed by atoms with Gasteiger partial charge in [-0.25, -0.2) is 0 Å². The van der Waals surface area contributed by atoms with Gasteiger partial charge in [-0.1, -0.05) is 78.7 Å². The van der Waals surface area contributed by atoms with Gasteiger partial charge in [-0.05, 0) is 55.7 Å². The van der Waals surface area contributed by atoms with Gasteiger partial charge in [0.05, 0.1) is 0 Å². The van der Waals surface area contributed by atoms with Crippen molar-refractivity contribution in [1.82, 2.24) is 10.2 Å². The van der Waals surface area contributed by atoms with Gasteiger partial charge in [-0.2, -0.15) is 0 Å². The molecule has 0 aliphatic carbocycles. The second-order valence-electron chi connectivity index (χ2n) is 8.85. The Morgan fingerprint density at radius 3 is 2.28 bits per heavy atom. The molecular weight excluding hydrogens is 495 g/mol. The fraction of sp³-hybridized carbons (Fsp3) is 0.310. The summed E-state index contributed by atoms with van der Waals surface area (Å²) in [4.78, 5) is 28.7. The number of ether oxygens (including phenoxy) is 1. The van der Waals surface area contributed by atoms with Gasteiger partial charge in [0.15, 0.2) is 6.61 Å². The number of nitrogens with one attached hydrogen (secondary N) is 1. The number of nitrogens with zero attached hydrogens (tertiary/aromatic N) is 1. The Kier molecular flexibility index (Phi) is 10.2. The smallest absolute Gasteiger partial charge is 0.261 e. The largest absolute Gasteiger partial charge is 0.484 e. The summed E-state index contributed by atoms with van der Waals surface area (Å²) in [5, 5.41) is 3.90. The average Bonchev–Trinajstić information content (AvgIpc) is 2.86. The van der Waals surface area contributed by atoms with E-state index in [9.17, 15) is 9.59 Å². The lowest BCUT2D eigenvalue weighted by molar-refractivity contribution is -0.143. The van der Waals surface area contributed by atoms with Crippen LogP contribution in [0.25, 0.3) is 0 Å². The van der Waals surface area contributed by atoms with Gasteiger partial charge in [-0.3, -0.25) is 9.59 Å². The molecule has 2 unspecified atom stereocenters. The molecule has 0 spiro atoms. The van der Waals surface area contributed by atoms with E-state index in [-0.39, 0.29) is 31.0 Å². The molecule has 3 rings (SSSR count). The molecule has 190 valence electrons. The molecular formula is C29H32Cl2N2O3. The maximum Gasteiger partial charge on any atom is 0.261 e. The highest BCUT2D eigenvalue weighted by Crippen LogP contribution is 2.27. The Balaban J connectivity index is 1.96. The summed E-state index contributed by atoms with van der Waals surface area (Å²) in [5.41, 5.74) is 2.54. The standard InChI is InChI=1S/C29H32Cl2N2O3/c1-4-21(3)32-29(35)27(17-22-11-6-5-7-12-22)33(18-24-25(30)14-9-15-26(24)31)28(34)19-36-23-13-8-10-20(2)16-23/h5-16,21,27H,4,17-19H2,1-3H3,(H,32,35). The lowest BCUT2D eigenvalue weighted by atomic mass is 10.0. The molecule has 0 bridgehead atoms. The minimum Gasteiger partial charge on any atom is -0.484 e. The molecule has 0 heterocycles. The fourth-order valence-electron chi connectivity index (χ4n) is 3.78. The third-order valence-electron chi connectivity index (χ3n) is 6.01. The number of hydrogen-bond acceptors (Lipinski definition) is 3. The number of rotatable bonds is 11. The van der Waals surface area contributed by atoms with Crippen molar-refractivity contribution >= 4 is 35.0 Å². The van der Waals surface area contributed by atoms with E-state index in [0.29, 0.717) is 27.8 Å². The minimum atomic E-state index is -0.789. The first-order chi connectivity index (χ1) is 17.3. The van der Waals surface area contributed by atoms with Gasteiger partial charge in [0.2, 0.25) is 5.91 Å². The van der Waals surface area contributed by atoms with Gasteiger partial charge in [0, 0.05) is 34.6 Å². The number of carbonyl (C=O) groups excluding carboxylic acids is 2. The van der Waals surface area contributed by atoms with E-state index >= 15 is 0 Å². The van der Waals surface area contributed by atoms with E-state index in [2.05, 4.69) is 5.32 Å². The highest BCUT2D eigenvalue weighted by Gasteiger charge is 2.32. The highest BCUT2D eigenvalue weighted by molar-refractivity contribution is 6.36. The Morgan fingerprint density at radius 2 is 1.64 bits per heavy atom. The Morgan fingerprint density at radius 1 is 0.972 bits per heavy atom. The fourth-order valence-corrected chi connectivity index (χ4v) is 4.30. The molecule has 0 aliphatic heterocycles. The molecule has 1 N–H and O–H groups in total. The lowest BCUT2D eigenvalue weighted by Crippen LogP contribution is -2.53. The van der Waals surface area contributed by atoms with Crippen LogP contribution in [-0.4, -0.2) is 35.4 Å².